The zero-order valence-corrected chi connectivity index (χ0v) is 13.7. The van der Waals surface area contributed by atoms with Gasteiger partial charge < -0.3 is 19.9 Å². The molecule has 3 rings (SSSR count). The third-order valence-electron chi connectivity index (χ3n) is 3.37. The summed E-state index contributed by atoms with van der Waals surface area (Å²) in [6, 6.07) is 6.91. The van der Waals surface area contributed by atoms with E-state index in [1.807, 2.05) is 0 Å². The Morgan fingerprint density at radius 1 is 1.26 bits per heavy atom. The van der Waals surface area contributed by atoms with Gasteiger partial charge >= 0.3 is 0 Å². The van der Waals surface area contributed by atoms with Crippen LogP contribution in [0.1, 0.15) is 22.0 Å². The van der Waals surface area contributed by atoms with Crippen molar-refractivity contribution in [3.8, 4) is 11.5 Å². The molecule has 0 saturated carbocycles. The van der Waals surface area contributed by atoms with Crippen LogP contribution in [0.15, 0.2) is 41.1 Å². The molecule has 0 radical (unpaired) electrons. The van der Waals surface area contributed by atoms with Gasteiger partial charge in [-0.05, 0) is 39.7 Å². The molecule has 2 heterocycles. The molecular weight excluding hydrogens is 364 g/mol. The fourth-order valence-corrected chi connectivity index (χ4v) is 2.58. The van der Waals surface area contributed by atoms with Crippen LogP contribution in [-0.2, 0) is 0 Å². The number of hydrogen-bond donors (Lipinski definition) is 2. The first-order valence-electron chi connectivity index (χ1n) is 7.10. The predicted molar refractivity (Wildman–Crippen MR) is 86.7 cm³/mol. The van der Waals surface area contributed by atoms with Gasteiger partial charge in [0.2, 0.25) is 0 Å². The van der Waals surface area contributed by atoms with Crippen LogP contribution in [0, 0.1) is 0 Å². The predicted octanol–water partition coefficient (Wildman–Crippen LogP) is 2.08. The van der Waals surface area contributed by atoms with E-state index < -0.39 is 6.10 Å². The van der Waals surface area contributed by atoms with Gasteiger partial charge in [-0.1, -0.05) is 6.07 Å². The molecule has 6 nitrogen and oxygen atoms in total. The number of fused-ring (bicyclic) bond motifs is 1. The topological polar surface area (TPSA) is 80.7 Å². The molecule has 120 valence electrons. The maximum absolute atomic E-state index is 12.0. The number of pyridine rings is 1. The van der Waals surface area contributed by atoms with Gasteiger partial charge in [0.1, 0.15) is 13.2 Å². The summed E-state index contributed by atoms with van der Waals surface area (Å²) < 4.78 is 11.6. The second kappa shape index (κ2) is 6.97. The number of hydrogen-bond acceptors (Lipinski definition) is 5. The molecule has 1 amide bonds. The standard InChI is InChI=1S/C16H15BrN2O4/c17-12-5-11(7-18-8-12)16(21)19-9-13(20)10-1-2-14-15(6-10)23-4-3-22-14/h1-2,5-8,13,20H,3-4,9H2,(H,19,21)/t13-/m1/s1. The molecule has 7 heteroatoms. The lowest BCUT2D eigenvalue weighted by atomic mass is 10.1. The molecule has 1 aliphatic rings. The van der Waals surface area contributed by atoms with E-state index in [1.165, 1.54) is 6.20 Å². The summed E-state index contributed by atoms with van der Waals surface area (Å²) in [5.41, 5.74) is 1.08. The van der Waals surface area contributed by atoms with E-state index in [0.717, 1.165) is 4.47 Å². The van der Waals surface area contributed by atoms with Crippen molar-refractivity contribution in [2.75, 3.05) is 19.8 Å². The molecule has 0 unspecified atom stereocenters. The van der Waals surface area contributed by atoms with Crippen LogP contribution >= 0.6 is 15.9 Å². The Morgan fingerprint density at radius 3 is 2.83 bits per heavy atom. The number of rotatable bonds is 4. The number of nitrogens with one attached hydrogen (secondary N) is 1. The highest BCUT2D eigenvalue weighted by atomic mass is 79.9. The lowest BCUT2D eigenvalue weighted by Gasteiger charge is -2.20. The van der Waals surface area contributed by atoms with E-state index in [4.69, 9.17) is 9.47 Å². The number of benzene rings is 1. The molecule has 0 bridgehead atoms. The highest BCUT2D eigenvalue weighted by molar-refractivity contribution is 9.10. The SMILES string of the molecule is O=C(NC[C@@H](O)c1ccc2c(c1)OCCO2)c1cncc(Br)c1. The molecule has 1 aliphatic heterocycles. The Bertz CT molecular complexity index is 723. The maximum atomic E-state index is 12.0. The van der Waals surface area contributed by atoms with Crippen molar-refractivity contribution >= 4 is 21.8 Å². The Hall–Kier alpha value is -2.12. The van der Waals surface area contributed by atoms with Crippen LogP contribution in [-0.4, -0.2) is 35.8 Å². The molecule has 2 N–H and O–H groups in total. The molecule has 2 aromatic rings. The summed E-state index contributed by atoms with van der Waals surface area (Å²) >= 11 is 3.26. The number of aliphatic hydroxyl groups excluding tert-OH is 1. The van der Waals surface area contributed by atoms with Crippen LogP contribution in [0.4, 0.5) is 0 Å². The maximum Gasteiger partial charge on any atom is 0.252 e. The number of ether oxygens (including phenoxy) is 2. The Morgan fingerprint density at radius 2 is 2.04 bits per heavy atom. The number of amides is 1. The molecule has 23 heavy (non-hydrogen) atoms. The fraction of sp³-hybridized carbons (Fsp3) is 0.250. The molecule has 1 aromatic heterocycles. The molecule has 0 aliphatic carbocycles. The highest BCUT2D eigenvalue weighted by Gasteiger charge is 2.16. The van der Waals surface area contributed by atoms with E-state index >= 15 is 0 Å². The zero-order valence-electron chi connectivity index (χ0n) is 12.2. The van der Waals surface area contributed by atoms with Crippen LogP contribution < -0.4 is 14.8 Å². The van der Waals surface area contributed by atoms with Gasteiger partial charge in [-0.25, -0.2) is 0 Å². The number of carbonyl (C=O) groups excluding carboxylic acids is 1. The third kappa shape index (κ3) is 3.80. The lowest BCUT2D eigenvalue weighted by Crippen LogP contribution is -2.28. The molecule has 1 aromatic carbocycles. The van der Waals surface area contributed by atoms with E-state index in [0.29, 0.717) is 35.8 Å². The van der Waals surface area contributed by atoms with Crippen molar-refractivity contribution in [2.24, 2.45) is 0 Å². The largest absolute Gasteiger partial charge is 0.486 e. The minimum Gasteiger partial charge on any atom is -0.486 e. The van der Waals surface area contributed by atoms with Crippen molar-refractivity contribution in [3.63, 3.8) is 0 Å². The van der Waals surface area contributed by atoms with Gasteiger partial charge in [0.05, 0.1) is 11.7 Å². The van der Waals surface area contributed by atoms with Gasteiger partial charge in [0, 0.05) is 23.4 Å². The van der Waals surface area contributed by atoms with E-state index in [-0.39, 0.29) is 12.5 Å². The van der Waals surface area contributed by atoms with Crippen molar-refractivity contribution < 1.29 is 19.4 Å². The van der Waals surface area contributed by atoms with Gasteiger partial charge in [0.25, 0.3) is 5.91 Å². The Kier molecular flexibility index (Phi) is 4.78. The fourth-order valence-electron chi connectivity index (χ4n) is 2.21. The second-order valence-electron chi connectivity index (χ2n) is 5.02. The number of nitrogens with zero attached hydrogens (tertiary/aromatic N) is 1. The summed E-state index contributed by atoms with van der Waals surface area (Å²) in [7, 11) is 0. The highest BCUT2D eigenvalue weighted by Crippen LogP contribution is 2.32. The van der Waals surface area contributed by atoms with Gasteiger partial charge in [-0.15, -0.1) is 0 Å². The quantitative estimate of drug-likeness (QED) is 0.850. The summed E-state index contributed by atoms with van der Waals surface area (Å²) in [5.74, 6) is 0.974. The first kappa shape index (κ1) is 15.8. The minimum atomic E-state index is -0.838. The van der Waals surface area contributed by atoms with Crippen LogP contribution in [0.2, 0.25) is 0 Å². The lowest BCUT2D eigenvalue weighted by molar-refractivity contribution is 0.0915. The van der Waals surface area contributed by atoms with Crippen molar-refractivity contribution in [1.82, 2.24) is 10.3 Å². The monoisotopic (exact) mass is 378 g/mol. The van der Waals surface area contributed by atoms with Crippen molar-refractivity contribution in [3.05, 3.63) is 52.3 Å². The second-order valence-corrected chi connectivity index (χ2v) is 5.94. The number of carbonyl (C=O) groups is 1. The van der Waals surface area contributed by atoms with Crippen molar-refractivity contribution in [2.45, 2.75) is 6.10 Å². The van der Waals surface area contributed by atoms with E-state index in [2.05, 4.69) is 26.2 Å². The van der Waals surface area contributed by atoms with Gasteiger partial charge in [0.15, 0.2) is 11.5 Å². The van der Waals surface area contributed by atoms with Gasteiger partial charge in [-0.2, -0.15) is 0 Å². The first-order chi connectivity index (χ1) is 11.1. The molecule has 0 saturated heterocycles. The van der Waals surface area contributed by atoms with Crippen LogP contribution in [0.5, 0.6) is 11.5 Å². The van der Waals surface area contributed by atoms with Crippen molar-refractivity contribution in [1.29, 1.82) is 0 Å². The Balaban J connectivity index is 1.63. The molecule has 0 spiro atoms. The first-order valence-corrected chi connectivity index (χ1v) is 7.89. The third-order valence-corrected chi connectivity index (χ3v) is 3.81. The zero-order chi connectivity index (χ0) is 16.2. The van der Waals surface area contributed by atoms with Crippen LogP contribution in [0.3, 0.4) is 0 Å². The van der Waals surface area contributed by atoms with E-state index in [1.54, 1.807) is 30.5 Å². The number of aliphatic hydroxyl groups is 1. The summed E-state index contributed by atoms with van der Waals surface area (Å²) in [6.07, 6.45) is 2.23. The summed E-state index contributed by atoms with van der Waals surface area (Å²) in [4.78, 5) is 16.0. The van der Waals surface area contributed by atoms with Gasteiger partial charge in [-0.3, -0.25) is 9.78 Å². The molecular formula is C16H15BrN2O4. The van der Waals surface area contributed by atoms with E-state index in [9.17, 15) is 9.90 Å². The summed E-state index contributed by atoms with van der Waals surface area (Å²) in [6.45, 7) is 1.09. The smallest absolute Gasteiger partial charge is 0.252 e. The molecule has 0 fully saturated rings. The Labute approximate surface area is 141 Å². The number of aromatic nitrogens is 1. The normalized spacial score (nSPS) is 14.2. The molecule has 1 atom stereocenters. The number of halogens is 1. The minimum absolute atomic E-state index is 0.0883. The average molecular weight is 379 g/mol. The van der Waals surface area contributed by atoms with Crippen LogP contribution in [0.25, 0.3) is 0 Å². The average Bonchev–Trinajstić information content (AvgIpc) is 2.59. The summed E-state index contributed by atoms with van der Waals surface area (Å²) in [5, 5.41) is 12.9.